The van der Waals surface area contributed by atoms with Gasteiger partial charge in [-0.1, -0.05) is 38.2 Å². The van der Waals surface area contributed by atoms with Gasteiger partial charge < -0.3 is 5.73 Å². The van der Waals surface area contributed by atoms with Gasteiger partial charge in [0.05, 0.1) is 0 Å². The number of nitrogens with two attached hydrogens (primary N) is 1. The molecule has 0 bridgehead atoms. The zero-order valence-corrected chi connectivity index (χ0v) is 10.8. The van der Waals surface area contributed by atoms with Crippen LogP contribution in [0.25, 0.3) is 0 Å². The maximum Gasteiger partial charge on any atom is 0.00872 e. The molecule has 2 N–H and O–H groups in total. The zero-order chi connectivity index (χ0) is 11.2. The smallest absolute Gasteiger partial charge is 0.00872 e. The van der Waals surface area contributed by atoms with E-state index < -0.39 is 0 Å². The highest BCUT2D eigenvalue weighted by molar-refractivity contribution is 7.09. The first kappa shape index (κ1) is 12.1. The number of hydrogen-bond donors (Lipinski definition) is 1. The lowest BCUT2D eigenvalue weighted by atomic mass is 9.85. The Morgan fingerprint density at radius 1 is 1.31 bits per heavy atom. The van der Waals surface area contributed by atoms with Gasteiger partial charge in [-0.25, -0.2) is 0 Å². The van der Waals surface area contributed by atoms with Crippen LogP contribution in [0.4, 0.5) is 0 Å². The van der Waals surface area contributed by atoms with Crippen molar-refractivity contribution in [1.29, 1.82) is 0 Å². The van der Waals surface area contributed by atoms with E-state index in [1.807, 2.05) is 11.3 Å². The molecule has 0 aromatic carbocycles. The largest absolute Gasteiger partial charge is 0.327 e. The molecule has 16 heavy (non-hydrogen) atoms. The molecule has 0 radical (unpaired) electrons. The Bertz CT molecular complexity index is 275. The summed E-state index contributed by atoms with van der Waals surface area (Å²) in [7, 11) is 0. The normalized spacial score (nSPS) is 19.8. The fourth-order valence-electron chi connectivity index (χ4n) is 2.71. The molecule has 0 aliphatic heterocycles. The minimum Gasteiger partial charge on any atom is -0.327 e. The molecule has 1 atom stereocenters. The van der Waals surface area contributed by atoms with Crippen LogP contribution in [0.3, 0.4) is 0 Å². The lowest BCUT2D eigenvalue weighted by Crippen LogP contribution is -2.23. The summed E-state index contributed by atoms with van der Waals surface area (Å²) in [5, 5.41) is 2.14. The van der Waals surface area contributed by atoms with Gasteiger partial charge in [-0.15, -0.1) is 11.3 Å². The Kier molecular flexibility index (Phi) is 4.86. The van der Waals surface area contributed by atoms with Gasteiger partial charge in [-0.3, -0.25) is 0 Å². The number of thiophene rings is 1. The topological polar surface area (TPSA) is 26.0 Å². The molecule has 1 unspecified atom stereocenters. The maximum atomic E-state index is 6.19. The molecular formula is C14H23NS. The molecule has 0 spiro atoms. The highest BCUT2D eigenvalue weighted by atomic mass is 32.1. The van der Waals surface area contributed by atoms with Gasteiger partial charge in [-0.2, -0.15) is 0 Å². The third-order valence-electron chi connectivity index (χ3n) is 3.71. The van der Waals surface area contributed by atoms with Crippen molar-refractivity contribution in [2.45, 2.75) is 57.4 Å². The van der Waals surface area contributed by atoms with Crippen LogP contribution in [0.15, 0.2) is 17.5 Å². The van der Waals surface area contributed by atoms with Crippen molar-refractivity contribution in [2.24, 2.45) is 11.7 Å². The number of rotatable bonds is 5. The van der Waals surface area contributed by atoms with E-state index in [1.165, 1.54) is 49.8 Å². The van der Waals surface area contributed by atoms with Crippen molar-refractivity contribution in [3.05, 3.63) is 22.4 Å². The molecule has 1 aliphatic carbocycles. The van der Waals surface area contributed by atoms with Gasteiger partial charge >= 0.3 is 0 Å². The van der Waals surface area contributed by atoms with Crippen LogP contribution in [0.2, 0.25) is 0 Å². The molecule has 1 heterocycles. The van der Waals surface area contributed by atoms with Gasteiger partial charge in [0.25, 0.3) is 0 Å². The average Bonchev–Trinajstić information content (AvgIpc) is 2.81. The van der Waals surface area contributed by atoms with Crippen molar-refractivity contribution in [1.82, 2.24) is 0 Å². The molecule has 1 saturated carbocycles. The van der Waals surface area contributed by atoms with E-state index in [-0.39, 0.29) is 0 Å². The third-order valence-corrected chi connectivity index (χ3v) is 4.61. The second kappa shape index (κ2) is 6.41. The Balaban J connectivity index is 1.65. The van der Waals surface area contributed by atoms with Crippen LogP contribution in [0, 0.1) is 5.92 Å². The van der Waals surface area contributed by atoms with E-state index in [9.17, 15) is 0 Å². The molecule has 90 valence electrons. The molecule has 1 fully saturated rings. The molecule has 0 amide bonds. The van der Waals surface area contributed by atoms with E-state index in [0.717, 1.165) is 12.3 Å². The summed E-state index contributed by atoms with van der Waals surface area (Å²) in [6.45, 7) is 0. The lowest BCUT2D eigenvalue weighted by Gasteiger charge is -2.22. The van der Waals surface area contributed by atoms with E-state index in [2.05, 4.69) is 17.5 Å². The minimum atomic E-state index is 0.376. The van der Waals surface area contributed by atoms with Crippen LogP contribution >= 0.6 is 11.3 Å². The minimum absolute atomic E-state index is 0.376. The Morgan fingerprint density at radius 2 is 2.12 bits per heavy atom. The molecular weight excluding hydrogens is 214 g/mol. The lowest BCUT2D eigenvalue weighted by molar-refractivity contribution is 0.323. The summed E-state index contributed by atoms with van der Waals surface area (Å²) in [6.07, 6.45) is 10.9. The van der Waals surface area contributed by atoms with E-state index in [0.29, 0.717) is 6.04 Å². The first-order valence-corrected chi connectivity index (χ1v) is 7.50. The van der Waals surface area contributed by atoms with Gasteiger partial charge in [0, 0.05) is 10.9 Å². The van der Waals surface area contributed by atoms with Crippen molar-refractivity contribution in [2.75, 3.05) is 0 Å². The predicted molar refractivity (Wildman–Crippen MR) is 71.8 cm³/mol. The SMILES string of the molecule is NC(CCC1CCCCC1)Cc1cccs1. The molecule has 1 aliphatic rings. The summed E-state index contributed by atoms with van der Waals surface area (Å²) in [6, 6.07) is 4.69. The van der Waals surface area contributed by atoms with Gasteiger partial charge in [0.2, 0.25) is 0 Å². The quantitative estimate of drug-likeness (QED) is 0.823. The van der Waals surface area contributed by atoms with Crippen molar-refractivity contribution < 1.29 is 0 Å². The summed E-state index contributed by atoms with van der Waals surface area (Å²) in [5.41, 5.74) is 6.19. The Labute approximate surface area is 103 Å². The van der Waals surface area contributed by atoms with Gasteiger partial charge in [-0.05, 0) is 36.6 Å². The van der Waals surface area contributed by atoms with Gasteiger partial charge in [0.1, 0.15) is 0 Å². The summed E-state index contributed by atoms with van der Waals surface area (Å²) >= 11 is 1.83. The second-order valence-electron chi connectivity index (χ2n) is 5.12. The van der Waals surface area contributed by atoms with Crippen LogP contribution in [0.1, 0.15) is 49.8 Å². The average molecular weight is 237 g/mol. The van der Waals surface area contributed by atoms with Crippen molar-refractivity contribution in [3.8, 4) is 0 Å². The maximum absolute atomic E-state index is 6.19. The molecule has 1 aromatic rings. The molecule has 1 aromatic heterocycles. The molecule has 2 heteroatoms. The number of hydrogen-bond acceptors (Lipinski definition) is 2. The Morgan fingerprint density at radius 3 is 2.81 bits per heavy atom. The third kappa shape index (κ3) is 3.91. The first-order valence-electron chi connectivity index (χ1n) is 6.62. The van der Waals surface area contributed by atoms with Crippen LogP contribution < -0.4 is 5.73 Å². The van der Waals surface area contributed by atoms with E-state index in [1.54, 1.807) is 0 Å². The molecule has 1 nitrogen and oxygen atoms in total. The predicted octanol–water partition coefficient (Wildman–Crippen LogP) is 3.98. The van der Waals surface area contributed by atoms with E-state index in [4.69, 9.17) is 5.73 Å². The monoisotopic (exact) mass is 237 g/mol. The van der Waals surface area contributed by atoms with Crippen LogP contribution in [-0.2, 0) is 6.42 Å². The second-order valence-corrected chi connectivity index (χ2v) is 6.16. The first-order chi connectivity index (χ1) is 7.84. The van der Waals surface area contributed by atoms with Crippen LogP contribution in [0.5, 0.6) is 0 Å². The Hall–Kier alpha value is -0.340. The van der Waals surface area contributed by atoms with E-state index >= 15 is 0 Å². The summed E-state index contributed by atoms with van der Waals surface area (Å²) in [4.78, 5) is 1.44. The van der Waals surface area contributed by atoms with Gasteiger partial charge in [0.15, 0.2) is 0 Å². The highest BCUT2D eigenvalue weighted by Crippen LogP contribution is 2.27. The fourth-order valence-corrected chi connectivity index (χ4v) is 3.51. The molecule has 2 rings (SSSR count). The summed E-state index contributed by atoms with van der Waals surface area (Å²) < 4.78 is 0. The zero-order valence-electron chi connectivity index (χ0n) is 10.0. The summed E-state index contributed by atoms with van der Waals surface area (Å²) in [5.74, 6) is 0.975. The van der Waals surface area contributed by atoms with Crippen LogP contribution in [-0.4, -0.2) is 6.04 Å². The van der Waals surface area contributed by atoms with Crippen molar-refractivity contribution in [3.63, 3.8) is 0 Å². The fraction of sp³-hybridized carbons (Fsp3) is 0.714. The highest BCUT2D eigenvalue weighted by Gasteiger charge is 2.14. The molecule has 0 saturated heterocycles. The standard InChI is InChI=1S/C14H23NS/c15-13(11-14-7-4-10-16-14)9-8-12-5-2-1-3-6-12/h4,7,10,12-13H,1-3,5-6,8-9,11,15H2. The van der Waals surface area contributed by atoms with Crippen molar-refractivity contribution >= 4 is 11.3 Å².